The van der Waals surface area contributed by atoms with Crippen LogP contribution >= 0.6 is 0 Å². The van der Waals surface area contributed by atoms with E-state index in [1.165, 1.54) is 4.90 Å². The highest BCUT2D eigenvalue weighted by Crippen LogP contribution is 2.40. The second-order valence-corrected chi connectivity index (χ2v) is 9.69. The van der Waals surface area contributed by atoms with E-state index in [0.29, 0.717) is 36.6 Å². The van der Waals surface area contributed by atoms with Crippen LogP contribution in [0.15, 0.2) is 54.2 Å². The third kappa shape index (κ3) is 4.12. The molecule has 0 bridgehead atoms. The fourth-order valence-corrected chi connectivity index (χ4v) is 4.53. The number of nitrogens with zero attached hydrogens (tertiary/aromatic N) is 3. The van der Waals surface area contributed by atoms with Crippen molar-refractivity contribution in [2.24, 2.45) is 0 Å². The quantitative estimate of drug-likeness (QED) is 0.255. The summed E-state index contributed by atoms with van der Waals surface area (Å²) in [5.41, 5.74) is 3.62. The van der Waals surface area contributed by atoms with Gasteiger partial charge < -0.3 is 14.7 Å². The number of methoxy groups -OCH3 is 1. The van der Waals surface area contributed by atoms with Gasteiger partial charge in [0.2, 0.25) is 0 Å². The lowest BCUT2D eigenvalue weighted by Gasteiger charge is -2.26. The lowest BCUT2D eigenvalue weighted by atomic mass is 9.85. The Morgan fingerprint density at radius 2 is 1.82 bits per heavy atom. The molecule has 0 aliphatic carbocycles. The number of aliphatic hydroxyl groups excluding tert-OH is 1. The van der Waals surface area contributed by atoms with Gasteiger partial charge in [0.05, 0.1) is 17.3 Å². The second kappa shape index (κ2) is 9.06. The van der Waals surface area contributed by atoms with Gasteiger partial charge in [0, 0.05) is 26.5 Å². The van der Waals surface area contributed by atoms with Gasteiger partial charge in [-0.1, -0.05) is 51.1 Å². The molecule has 1 aliphatic rings. The van der Waals surface area contributed by atoms with E-state index in [1.54, 1.807) is 24.6 Å². The molecule has 1 amide bonds. The van der Waals surface area contributed by atoms with Crippen LogP contribution in [0.1, 0.15) is 55.7 Å². The smallest absolute Gasteiger partial charge is 0.295 e. The SMILES string of the molecule is COCCCN1C(=O)C(=O)/C(=C(/O)c2c(C)nc3ccccn23)C1c1ccc(C(C)(C)C)cc1. The number of fused-ring (bicyclic) bond motifs is 1. The van der Waals surface area contributed by atoms with Crippen molar-refractivity contribution >= 4 is 23.1 Å². The lowest BCUT2D eigenvalue weighted by molar-refractivity contribution is -0.140. The summed E-state index contributed by atoms with van der Waals surface area (Å²) in [5.74, 6) is -1.52. The van der Waals surface area contributed by atoms with Crippen LogP contribution in [0.2, 0.25) is 0 Å². The van der Waals surface area contributed by atoms with Crippen molar-refractivity contribution in [1.82, 2.24) is 14.3 Å². The number of aryl methyl sites for hydroxylation is 1. The van der Waals surface area contributed by atoms with Gasteiger partial charge in [-0.25, -0.2) is 4.98 Å². The number of aliphatic hydroxyl groups is 1. The number of carbonyl (C=O) groups is 2. The summed E-state index contributed by atoms with van der Waals surface area (Å²) in [5, 5.41) is 11.5. The average Bonchev–Trinajstić information content (AvgIpc) is 3.26. The number of rotatable bonds is 6. The van der Waals surface area contributed by atoms with Crippen molar-refractivity contribution in [2.45, 2.75) is 45.6 Å². The molecule has 1 fully saturated rings. The Morgan fingerprint density at radius 3 is 2.47 bits per heavy atom. The van der Waals surface area contributed by atoms with Gasteiger partial charge in [-0.15, -0.1) is 0 Å². The number of amides is 1. The van der Waals surface area contributed by atoms with E-state index in [4.69, 9.17) is 4.74 Å². The molecule has 1 aliphatic heterocycles. The van der Waals surface area contributed by atoms with Crippen LogP contribution < -0.4 is 0 Å². The molecule has 7 nitrogen and oxygen atoms in total. The topological polar surface area (TPSA) is 84.1 Å². The largest absolute Gasteiger partial charge is 0.505 e. The van der Waals surface area contributed by atoms with Gasteiger partial charge in [-0.05, 0) is 42.0 Å². The predicted molar refractivity (Wildman–Crippen MR) is 131 cm³/mol. The maximum atomic E-state index is 13.3. The van der Waals surface area contributed by atoms with Crippen LogP contribution in [0.25, 0.3) is 11.4 Å². The summed E-state index contributed by atoms with van der Waals surface area (Å²) in [6.07, 6.45) is 2.36. The van der Waals surface area contributed by atoms with E-state index in [2.05, 4.69) is 25.8 Å². The molecule has 1 N–H and O–H groups in total. The number of imidazole rings is 1. The minimum atomic E-state index is -0.695. The Hall–Kier alpha value is -3.45. The fraction of sp³-hybridized carbons (Fsp3) is 0.370. The summed E-state index contributed by atoms with van der Waals surface area (Å²) in [6.45, 7) is 8.98. The number of pyridine rings is 1. The molecule has 34 heavy (non-hydrogen) atoms. The number of hydrogen-bond acceptors (Lipinski definition) is 5. The van der Waals surface area contributed by atoms with E-state index < -0.39 is 17.7 Å². The number of aromatic nitrogens is 2. The number of ether oxygens (including phenoxy) is 1. The van der Waals surface area contributed by atoms with Crippen LogP contribution in [0.3, 0.4) is 0 Å². The monoisotopic (exact) mass is 461 g/mol. The molecule has 4 rings (SSSR count). The Bertz CT molecular complexity index is 1270. The molecule has 0 spiro atoms. The van der Waals surface area contributed by atoms with Crippen LogP contribution in [-0.2, 0) is 19.7 Å². The summed E-state index contributed by atoms with van der Waals surface area (Å²) >= 11 is 0. The third-order valence-electron chi connectivity index (χ3n) is 6.31. The third-order valence-corrected chi connectivity index (χ3v) is 6.31. The van der Waals surface area contributed by atoms with Crippen molar-refractivity contribution in [2.75, 3.05) is 20.3 Å². The van der Waals surface area contributed by atoms with Gasteiger partial charge in [0.25, 0.3) is 11.7 Å². The first-order chi connectivity index (χ1) is 16.1. The summed E-state index contributed by atoms with van der Waals surface area (Å²) in [4.78, 5) is 32.4. The first-order valence-electron chi connectivity index (χ1n) is 11.5. The van der Waals surface area contributed by atoms with E-state index >= 15 is 0 Å². The Balaban J connectivity index is 1.89. The maximum absolute atomic E-state index is 13.3. The van der Waals surface area contributed by atoms with Crippen molar-refractivity contribution in [3.05, 3.63) is 76.7 Å². The summed E-state index contributed by atoms with van der Waals surface area (Å²) < 4.78 is 6.90. The molecular weight excluding hydrogens is 430 g/mol. The second-order valence-electron chi connectivity index (χ2n) is 9.69. The molecule has 1 saturated heterocycles. The van der Waals surface area contributed by atoms with Gasteiger partial charge in [0.15, 0.2) is 5.76 Å². The first kappa shape index (κ1) is 23.7. The Kier molecular flexibility index (Phi) is 6.32. The van der Waals surface area contributed by atoms with Crippen molar-refractivity contribution in [3.8, 4) is 0 Å². The van der Waals surface area contributed by atoms with E-state index in [-0.39, 0.29) is 16.7 Å². The molecule has 7 heteroatoms. The Morgan fingerprint density at radius 1 is 1.12 bits per heavy atom. The van der Waals surface area contributed by atoms with Crippen LogP contribution in [0.4, 0.5) is 0 Å². The van der Waals surface area contributed by atoms with Gasteiger partial charge in [-0.2, -0.15) is 0 Å². The van der Waals surface area contributed by atoms with Gasteiger partial charge >= 0.3 is 0 Å². The maximum Gasteiger partial charge on any atom is 0.295 e. The van der Waals surface area contributed by atoms with Crippen LogP contribution in [0.5, 0.6) is 0 Å². The number of benzene rings is 1. The van der Waals surface area contributed by atoms with Gasteiger partial charge in [-0.3, -0.25) is 14.0 Å². The molecule has 1 aromatic carbocycles. The number of Topliss-reactive ketones (excluding diaryl/α,β-unsaturated/α-hetero) is 1. The molecule has 3 heterocycles. The molecule has 0 saturated carbocycles. The van der Waals surface area contributed by atoms with Crippen molar-refractivity contribution < 1.29 is 19.4 Å². The normalized spacial score (nSPS) is 18.3. The van der Waals surface area contributed by atoms with E-state index in [0.717, 1.165) is 11.1 Å². The molecule has 3 aromatic rings. The highest BCUT2D eigenvalue weighted by molar-refractivity contribution is 6.46. The minimum Gasteiger partial charge on any atom is -0.505 e. The zero-order chi connectivity index (χ0) is 24.6. The first-order valence-corrected chi connectivity index (χ1v) is 11.5. The highest BCUT2D eigenvalue weighted by atomic mass is 16.5. The highest BCUT2D eigenvalue weighted by Gasteiger charge is 2.46. The molecular formula is C27H31N3O4. The Labute approximate surface area is 199 Å². The summed E-state index contributed by atoms with van der Waals surface area (Å²) in [6, 6.07) is 12.7. The zero-order valence-electron chi connectivity index (χ0n) is 20.3. The predicted octanol–water partition coefficient (Wildman–Crippen LogP) is 4.40. The molecule has 1 unspecified atom stereocenters. The van der Waals surface area contributed by atoms with E-state index in [1.807, 2.05) is 42.5 Å². The number of likely N-dealkylation sites (tertiary alicyclic amines) is 1. The minimum absolute atomic E-state index is 0.0353. The number of carbonyl (C=O) groups excluding carboxylic acids is 2. The van der Waals surface area contributed by atoms with Crippen LogP contribution in [-0.4, -0.2) is 51.3 Å². The van der Waals surface area contributed by atoms with Crippen LogP contribution in [0, 0.1) is 6.92 Å². The average molecular weight is 462 g/mol. The number of hydrogen-bond donors (Lipinski definition) is 1. The van der Waals surface area contributed by atoms with Crippen molar-refractivity contribution in [3.63, 3.8) is 0 Å². The molecule has 0 radical (unpaired) electrons. The standard InChI is InChI=1S/C27H31N3O4/c1-17-22(29-14-7-6-9-20(29)28-17)24(31)21-23(18-10-12-19(13-11-18)27(2,3)4)30(15-8-16-34-5)26(33)25(21)32/h6-7,9-14,23,31H,8,15-16H2,1-5H3/b24-21+. The van der Waals surface area contributed by atoms with Gasteiger partial charge in [0.1, 0.15) is 11.3 Å². The van der Waals surface area contributed by atoms with E-state index in [9.17, 15) is 14.7 Å². The lowest BCUT2D eigenvalue weighted by Crippen LogP contribution is -2.31. The zero-order valence-corrected chi connectivity index (χ0v) is 20.3. The molecule has 1 atom stereocenters. The summed E-state index contributed by atoms with van der Waals surface area (Å²) in [7, 11) is 1.60. The number of ketones is 1. The fourth-order valence-electron chi connectivity index (χ4n) is 4.53. The van der Waals surface area contributed by atoms with Crippen molar-refractivity contribution in [1.29, 1.82) is 0 Å². The molecule has 178 valence electrons. The molecule has 2 aromatic heterocycles.